The van der Waals surface area contributed by atoms with E-state index in [0.717, 1.165) is 29.0 Å². The van der Waals surface area contributed by atoms with Crippen LogP contribution in [-0.4, -0.2) is 40.9 Å². The van der Waals surface area contributed by atoms with Gasteiger partial charge in [0.25, 0.3) is 0 Å². The minimum Gasteiger partial charge on any atom is -0.389 e. The Balaban J connectivity index is 1.84. The van der Waals surface area contributed by atoms with Gasteiger partial charge in [-0.25, -0.2) is 18.4 Å². The summed E-state index contributed by atoms with van der Waals surface area (Å²) >= 11 is 0. The smallest absolute Gasteiger partial charge is 0.389 e. The average Bonchev–Trinajstić information content (AvgIpc) is 3.08. The summed E-state index contributed by atoms with van der Waals surface area (Å²) in [6.45, 7) is 5.93. The third-order valence-electron chi connectivity index (χ3n) is 5.95. The monoisotopic (exact) mass is 482 g/mol. The van der Waals surface area contributed by atoms with E-state index in [1.165, 1.54) is 6.92 Å². The van der Waals surface area contributed by atoms with Crippen LogP contribution in [0, 0.1) is 5.92 Å². The van der Waals surface area contributed by atoms with Crippen LogP contribution in [0.15, 0.2) is 35.4 Å². The lowest BCUT2D eigenvalue weighted by molar-refractivity contribution is -0.142. The van der Waals surface area contributed by atoms with Crippen LogP contribution < -0.4 is 4.90 Å². The average molecular weight is 483 g/mol. The molecular weight excluding hydrogens is 457 g/mol. The fourth-order valence-electron chi connectivity index (χ4n) is 4.47. The Labute approximate surface area is 189 Å². The maximum absolute atomic E-state index is 13.7. The lowest BCUT2D eigenvalue weighted by atomic mass is 9.97. The number of aliphatic hydroxyl groups excluding tert-OH is 1. The molecule has 0 spiro atoms. The number of aliphatic hydroxyl groups is 1. The first-order valence-electron chi connectivity index (χ1n) is 10.5. The molecule has 0 bridgehead atoms. The Bertz CT molecular complexity index is 1320. The molecule has 0 aliphatic carbocycles. The minimum absolute atomic E-state index is 0.00267. The van der Waals surface area contributed by atoms with Gasteiger partial charge in [0.05, 0.1) is 17.0 Å². The molecule has 2 aromatic heterocycles. The lowest BCUT2D eigenvalue weighted by Crippen LogP contribution is -2.41. The first-order chi connectivity index (χ1) is 15.3. The molecular formula is C22H25F3N4O3S. The molecule has 3 aromatic rings. The van der Waals surface area contributed by atoms with E-state index < -0.39 is 27.8 Å². The van der Waals surface area contributed by atoms with Gasteiger partial charge in [0, 0.05) is 47.7 Å². The molecule has 33 heavy (non-hydrogen) atoms. The van der Waals surface area contributed by atoms with Crippen molar-refractivity contribution in [3.63, 3.8) is 0 Å². The molecule has 7 nitrogen and oxygen atoms in total. The summed E-state index contributed by atoms with van der Waals surface area (Å²) in [7, 11) is -3.38. The van der Waals surface area contributed by atoms with Crippen LogP contribution in [0.1, 0.15) is 49.9 Å². The summed E-state index contributed by atoms with van der Waals surface area (Å²) in [6.07, 6.45) is -3.90. The lowest BCUT2D eigenvalue weighted by Gasteiger charge is -2.39. The van der Waals surface area contributed by atoms with Crippen molar-refractivity contribution >= 4 is 26.7 Å². The van der Waals surface area contributed by atoms with Gasteiger partial charge in [0.15, 0.2) is 15.5 Å². The van der Waals surface area contributed by atoms with E-state index in [-0.39, 0.29) is 28.4 Å². The van der Waals surface area contributed by atoms with Gasteiger partial charge in [-0.3, -0.25) is 0 Å². The van der Waals surface area contributed by atoms with Gasteiger partial charge in [-0.05, 0) is 31.0 Å². The number of aromatic nitrogens is 3. The second-order valence-electron chi connectivity index (χ2n) is 8.74. The zero-order valence-electron chi connectivity index (χ0n) is 18.6. The van der Waals surface area contributed by atoms with E-state index in [2.05, 4.69) is 9.97 Å². The number of rotatable bonds is 4. The number of nitrogens with zero attached hydrogens (tertiary/aromatic N) is 4. The molecule has 1 aliphatic heterocycles. The van der Waals surface area contributed by atoms with Crippen molar-refractivity contribution in [3.8, 4) is 0 Å². The Hall–Kier alpha value is -2.66. The van der Waals surface area contributed by atoms with E-state index in [4.69, 9.17) is 0 Å². The number of sulfone groups is 1. The van der Waals surface area contributed by atoms with E-state index in [1.54, 1.807) is 23.1 Å². The van der Waals surface area contributed by atoms with E-state index >= 15 is 0 Å². The summed E-state index contributed by atoms with van der Waals surface area (Å²) in [5.74, 6) is -0.0594. The van der Waals surface area contributed by atoms with Crippen LogP contribution in [-0.2, 0) is 22.6 Å². The van der Waals surface area contributed by atoms with E-state index in [0.29, 0.717) is 13.1 Å². The molecule has 1 N–H and O–H groups in total. The molecule has 0 fully saturated rings. The first-order valence-corrected chi connectivity index (χ1v) is 12.4. The molecule has 2 atom stereocenters. The van der Waals surface area contributed by atoms with Gasteiger partial charge >= 0.3 is 6.18 Å². The van der Waals surface area contributed by atoms with E-state index in [1.807, 2.05) is 24.5 Å². The normalized spacial score (nSPS) is 18.1. The Morgan fingerprint density at radius 3 is 2.42 bits per heavy atom. The van der Waals surface area contributed by atoms with Crippen LogP contribution in [0.25, 0.3) is 10.9 Å². The van der Waals surface area contributed by atoms with Crippen LogP contribution in [0.3, 0.4) is 0 Å². The molecule has 0 radical (unpaired) electrons. The molecule has 1 aromatic carbocycles. The van der Waals surface area contributed by atoms with Crippen molar-refractivity contribution in [2.45, 2.75) is 50.5 Å². The minimum atomic E-state index is -4.73. The standard InChI is InChI=1S/C22H25F3N4O3S/c1-12(2)19-18-9-14-5-6-15(33(4,31)32)10-17(14)28(18)7-8-29(19)21-26-11-16(13(3)30)20(27-21)22(23,24)25/h5-6,9-13,19,30H,7-8H2,1-4H3/t13-,19+/m0/s1. The number of anilines is 1. The molecule has 4 rings (SSSR count). The summed E-state index contributed by atoms with van der Waals surface area (Å²) in [6, 6.07) is 6.55. The van der Waals surface area contributed by atoms with Gasteiger partial charge < -0.3 is 14.6 Å². The van der Waals surface area contributed by atoms with E-state index in [9.17, 15) is 26.7 Å². The highest BCUT2D eigenvalue weighted by molar-refractivity contribution is 7.90. The van der Waals surface area contributed by atoms with Crippen LogP contribution >= 0.6 is 0 Å². The highest BCUT2D eigenvalue weighted by Gasteiger charge is 2.39. The number of halogens is 3. The van der Waals surface area contributed by atoms with Gasteiger partial charge in [-0.1, -0.05) is 19.9 Å². The largest absolute Gasteiger partial charge is 0.433 e. The topological polar surface area (TPSA) is 88.3 Å². The van der Waals surface area contributed by atoms with Crippen LogP contribution in [0.2, 0.25) is 0 Å². The summed E-state index contributed by atoms with van der Waals surface area (Å²) in [5.41, 5.74) is 0.105. The molecule has 1 aliphatic rings. The second kappa shape index (κ2) is 7.98. The maximum Gasteiger partial charge on any atom is 0.433 e. The van der Waals surface area contributed by atoms with Crippen molar-refractivity contribution in [1.82, 2.24) is 14.5 Å². The first kappa shape index (κ1) is 23.5. The maximum atomic E-state index is 13.7. The molecule has 3 heterocycles. The highest BCUT2D eigenvalue weighted by Crippen LogP contribution is 2.40. The number of fused-ring (bicyclic) bond motifs is 3. The van der Waals surface area contributed by atoms with Crippen molar-refractivity contribution in [3.05, 3.63) is 47.4 Å². The predicted octanol–water partition coefficient (Wildman–Crippen LogP) is 4.12. The van der Waals surface area contributed by atoms with Gasteiger partial charge in [0.1, 0.15) is 0 Å². The van der Waals surface area contributed by atoms with Crippen LogP contribution in [0.5, 0.6) is 0 Å². The molecule has 0 saturated carbocycles. The summed E-state index contributed by atoms with van der Waals surface area (Å²) in [5, 5.41) is 10.6. The van der Waals surface area contributed by atoms with Crippen molar-refractivity contribution in [2.24, 2.45) is 5.92 Å². The van der Waals surface area contributed by atoms with Crippen molar-refractivity contribution in [1.29, 1.82) is 0 Å². The molecule has 178 valence electrons. The molecule has 11 heteroatoms. The Morgan fingerprint density at radius 1 is 1.15 bits per heavy atom. The Kier molecular flexibility index (Phi) is 5.68. The van der Waals surface area contributed by atoms with Crippen molar-refractivity contribution < 1.29 is 26.7 Å². The number of alkyl halides is 3. The zero-order valence-corrected chi connectivity index (χ0v) is 19.4. The van der Waals surface area contributed by atoms with Crippen molar-refractivity contribution in [2.75, 3.05) is 17.7 Å². The summed E-state index contributed by atoms with van der Waals surface area (Å²) in [4.78, 5) is 9.97. The number of hydrogen-bond acceptors (Lipinski definition) is 6. The third-order valence-corrected chi connectivity index (χ3v) is 7.06. The van der Waals surface area contributed by atoms with Gasteiger partial charge in [-0.2, -0.15) is 13.2 Å². The second-order valence-corrected chi connectivity index (χ2v) is 10.8. The van der Waals surface area contributed by atoms with Gasteiger partial charge in [-0.15, -0.1) is 0 Å². The molecule has 0 amide bonds. The third kappa shape index (κ3) is 4.19. The highest BCUT2D eigenvalue weighted by atomic mass is 32.2. The number of benzene rings is 1. The fraction of sp³-hybridized carbons (Fsp3) is 0.455. The SMILES string of the molecule is CC(C)[C@@H]1c2cc3ccc(S(C)(=O)=O)cc3n2CCN1c1ncc([C@H](C)O)c(C(F)(F)F)n1. The predicted molar refractivity (Wildman–Crippen MR) is 118 cm³/mol. The zero-order chi connectivity index (χ0) is 24.3. The Morgan fingerprint density at radius 2 is 1.85 bits per heavy atom. The van der Waals surface area contributed by atoms with Crippen LogP contribution in [0.4, 0.5) is 19.1 Å². The molecule has 0 unspecified atom stereocenters. The quantitative estimate of drug-likeness (QED) is 0.602. The fourth-order valence-corrected chi connectivity index (χ4v) is 5.11. The number of hydrogen-bond donors (Lipinski definition) is 1. The summed E-state index contributed by atoms with van der Waals surface area (Å²) < 4.78 is 67.0. The van der Waals surface area contributed by atoms with Gasteiger partial charge in [0.2, 0.25) is 5.95 Å². The molecule has 0 saturated heterocycles.